The maximum Gasteiger partial charge on any atom is 0.339 e. The molecule has 0 radical (unpaired) electrons. The molecule has 2 heterocycles. The van der Waals surface area contributed by atoms with Crippen molar-refractivity contribution < 1.29 is 9.53 Å². The monoisotopic (exact) mass is 259 g/mol. The first-order valence-electron chi connectivity index (χ1n) is 6.58. The second-order valence-corrected chi connectivity index (χ2v) is 5.43. The number of hydrogen-bond donors (Lipinski definition) is 0. The maximum atomic E-state index is 11.6. The first-order valence-corrected chi connectivity index (χ1v) is 6.58. The van der Waals surface area contributed by atoms with Crippen molar-refractivity contribution in [3.8, 4) is 0 Å². The molecule has 2 aromatic rings. The van der Waals surface area contributed by atoms with Gasteiger partial charge in [0.05, 0.1) is 12.7 Å². The zero-order valence-corrected chi connectivity index (χ0v) is 11.2. The van der Waals surface area contributed by atoms with Crippen molar-refractivity contribution in [2.75, 3.05) is 7.11 Å². The summed E-state index contributed by atoms with van der Waals surface area (Å²) in [7, 11) is 1.39. The maximum absolute atomic E-state index is 11.6. The molecule has 0 unspecified atom stereocenters. The zero-order valence-electron chi connectivity index (χ0n) is 11.2. The van der Waals surface area contributed by atoms with Gasteiger partial charge in [0, 0.05) is 11.6 Å². The average molecular weight is 259 g/mol. The highest BCUT2D eigenvalue weighted by molar-refractivity contribution is 5.89. The van der Waals surface area contributed by atoms with Gasteiger partial charge in [-0.15, -0.1) is 10.2 Å². The minimum absolute atomic E-state index is 0.0637. The van der Waals surface area contributed by atoms with Crippen LogP contribution < -0.4 is 0 Å². The number of fused-ring (bicyclic) bond motifs is 1. The van der Waals surface area contributed by atoms with Gasteiger partial charge in [0.1, 0.15) is 5.82 Å². The lowest BCUT2D eigenvalue weighted by atomic mass is 9.88. The molecule has 0 aromatic carbocycles. The Balaban J connectivity index is 2.13. The zero-order chi connectivity index (χ0) is 13.5. The minimum atomic E-state index is -0.335. The number of carbonyl (C=O) groups is 1. The van der Waals surface area contributed by atoms with E-state index in [-0.39, 0.29) is 11.4 Å². The normalized spacial score (nSPS) is 17.8. The summed E-state index contributed by atoms with van der Waals surface area (Å²) in [5.74, 6) is 0.615. The van der Waals surface area contributed by atoms with Gasteiger partial charge in [-0.3, -0.25) is 4.40 Å². The minimum Gasteiger partial charge on any atom is -0.465 e. The summed E-state index contributed by atoms with van der Waals surface area (Å²) in [6, 6.07) is 3.53. The lowest BCUT2D eigenvalue weighted by Gasteiger charge is -2.21. The van der Waals surface area contributed by atoms with Crippen LogP contribution in [0.2, 0.25) is 0 Å². The van der Waals surface area contributed by atoms with E-state index in [9.17, 15) is 4.79 Å². The van der Waals surface area contributed by atoms with Gasteiger partial charge in [0.15, 0.2) is 5.65 Å². The van der Waals surface area contributed by atoms with E-state index < -0.39 is 0 Å². The molecule has 0 atom stereocenters. The predicted molar refractivity (Wildman–Crippen MR) is 70.1 cm³/mol. The topological polar surface area (TPSA) is 56.5 Å². The Morgan fingerprint density at radius 2 is 2.05 bits per heavy atom. The number of rotatable bonds is 2. The molecule has 1 aliphatic rings. The fourth-order valence-electron chi connectivity index (χ4n) is 2.92. The van der Waals surface area contributed by atoms with Crippen molar-refractivity contribution in [1.29, 1.82) is 0 Å². The Kier molecular flexibility index (Phi) is 2.77. The molecule has 0 saturated heterocycles. The van der Waals surface area contributed by atoms with E-state index in [1.54, 1.807) is 18.3 Å². The first-order chi connectivity index (χ1) is 9.14. The summed E-state index contributed by atoms with van der Waals surface area (Å²) in [5, 5.41) is 8.53. The van der Waals surface area contributed by atoms with Gasteiger partial charge >= 0.3 is 5.97 Å². The summed E-state index contributed by atoms with van der Waals surface area (Å²) in [4.78, 5) is 11.6. The Labute approximate surface area is 111 Å². The van der Waals surface area contributed by atoms with Crippen LogP contribution in [0, 0.1) is 0 Å². The standard InChI is InChI=1S/C14H17N3O2/c1-14(7-3-4-8-14)13-16-15-11-6-5-10(9-17(11)13)12(18)19-2/h5-6,9H,3-4,7-8H2,1-2H3. The number of esters is 1. The Hall–Kier alpha value is -1.91. The molecule has 5 heteroatoms. The summed E-state index contributed by atoms with van der Waals surface area (Å²) < 4.78 is 6.69. The van der Waals surface area contributed by atoms with E-state index in [1.165, 1.54) is 20.0 Å². The van der Waals surface area contributed by atoms with E-state index in [4.69, 9.17) is 4.74 Å². The third kappa shape index (κ3) is 1.89. The Bertz CT molecular complexity index is 627. The van der Waals surface area contributed by atoms with Crippen molar-refractivity contribution in [2.45, 2.75) is 38.0 Å². The Morgan fingerprint density at radius 1 is 1.32 bits per heavy atom. The lowest BCUT2D eigenvalue weighted by molar-refractivity contribution is 0.0600. The van der Waals surface area contributed by atoms with Crippen LogP contribution in [-0.2, 0) is 10.2 Å². The number of nitrogens with zero attached hydrogens (tertiary/aromatic N) is 3. The van der Waals surface area contributed by atoms with Crippen LogP contribution in [0.5, 0.6) is 0 Å². The van der Waals surface area contributed by atoms with Crippen LogP contribution in [0.1, 0.15) is 48.8 Å². The number of ether oxygens (including phenoxy) is 1. The van der Waals surface area contributed by atoms with E-state index in [2.05, 4.69) is 17.1 Å². The molecule has 0 aliphatic heterocycles. The van der Waals surface area contributed by atoms with E-state index in [0.29, 0.717) is 5.56 Å². The second-order valence-electron chi connectivity index (χ2n) is 5.43. The number of carbonyl (C=O) groups excluding carboxylic acids is 1. The highest BCUT2D eigenvalue weighted by Crippen LogP contribution is 2.39. The van der Waals surface area contributed by atoms with Gasteiger partial charge in [-0.2, -0.15) is 0 Å². The molecular formula is C14H17N3O2. The van der Waals surface area contributed by atoms with Crippen LogP contribution in [0.25, 0.3) is 5.65 Å². The van der Waals surface area contributed by atoms with Crippen molar-refractivity contribution in [3.05, 3.63) is 29.7 Å². The van der Waals surface area contributed by atoms with E-state index in [1.807, 2.05) is 4.40 Å². The SMILES string of the molecule is COC(=O)c1ccc2nnc(C3(C)CCCC3)n2c1. The van der Waals surface area contributed by atoms with Crippen LogP contribution in [0.15, 0.2) is 18.3 Å². The average Bonchev–Trinajstić information content (AvgIpc) is 3.04. The third-order valence-electron chi connectivity index (χ3n) is 4.07. The Morgan fingerprint density at radius 3 is 2.74 bits per heavy atom. The smallest absolute Gasteiger partial charge is 0.339 e. The molecule has 19 heavy (non-hydrogen) atoms. The largest absolute Gasteiger partial charge is 0.465 e. The summed E-state index contributed by atoms with van der Waals surface area (Å²) in [6.45, 7) is 2.22. The predicted octanol–water partition coefficient (Wildman–Crippen LogP) is 2.35. The van der Waals surface area contributed by atoms with Gasteiger partial charge in [-0.25, -0.2) is 4.79 Å². The van der Waals surface area contributed by atoms with Crippen molar-refractivity contribution in [2.24, 2.45) is 0 Å². The van der Waals surface area contributed by atoms with Gasteiger partial charge < -0.3 is 4.74 Å². The first kappa shape index (κ1) is 12.1. The van der Waals surface area contributed by atoms with Crippen LogP contribution >= 0.6 is 0 Å². The highest BCUT2D eigenvalue weighted by Gasteiger charge is 2.35. The van der Waals surface area contributed by atoms with Gasteiger partial charge in [0.25, 0.3) is 0 Å². The van der Waals surface area contributed by atoms with Crippen LogP contribution in [0.4, 0.5) is 0 Å². The molecule has 1 saturated carbocycles. The number of pyridine rings is 1. The van der Waals surface area contributed by atoms with Gasteiger partial charge in [-0.1, -0.05) is 19.8 Å². The molecule has 2 aromatic heterocycles. The number of methoxy groups -OCH3 is 1. The molecule has 3 rings (SSSR count). The van der Waals surface area contributed by atoms with Crippen molar-refractivity contribution in [3.63, 3.8) is 0 Å². The fraction of sp³-hybridized carbons (Fsp3) is 0.500. The van der Waals surface area contributed by atoms with Gasteiger partial charge in [0.2, 0.25) is 0 Å². The summed E-state index contributed by atoms with van der Waals surface area (Å²) in [6.07, 6.45) is 6.47. The molecule has 1 aliphatic carbocycles. The lowest BCUT2D eigenvalue weighted by Crippen LogP contribution is -2.21. The second kappa shape index (κ2) is 4.33. The summed E-state index contributed by atoms with van der Waals surface area (Å²) >= 11 is 0. The molecule has 1 fully saturated rings. The summed E-state index contributed by atoms with van der Waals surface area (Å²) in [5.41, 5.74) is 1.36. The fourth-order valence-corrected chi connectivity index (χ4v) is 2.92. The molecule has 5 nitrogen and oxygen atoms in total. The van der Waals surface area contributed by atoms with E-state index in [0.717, 1.165) is 24.3 Å². The molecule has 0 spiro atoms. The molecule has 0 amide bonds. The van der Waals surface area contributed by atoms with Crippen molar-refractivity contribution >= 4 is 11.6 Å². The van der Waals surface area contributed by atoms with Crippen molar-refractivity contribution in [1.82, 2.24) is 14.6 Å². The quantitative estimate of drug-likeness (QED) is 0.777. The molecular weight excluding hydrogens is 242 g/mol. The highest BCUT2D eigenvalue weighted by atomic mass is 16.5. The van der Waals surface area contributed by atoms with E-state index >= 15 is 0 Å². The third-order valence-corrected chi connectivity index (χ3v) is 4.07. The van der Waals surface area contributed by atoms with Crippen LogP contribution in [-0.4, -0.2) is 27.7 Å². The molecule has 0 bridgehead atoms. The molecule has 0 N–H and O–H groups in total. The van der Waals surface area contributed by atoms with Crippen LogP contribution in [0.3, 0.4) is 0 Å². The number of hydrogen-bond acceptors (Lipinski definition) is 4. The number of aromatic nitrogens is 3. The molecule has 100 valence electrons. The van der Waals surface area contributed by atoms with Gasteiger partial charge in [-0.05, 0) is 25.0 Å².